The predicted octanol–water partition coefficient (Wildman–Crippen LogP) is 1.95. The molecule has 0 fully saturated rings. The van der Waals surface area contributed by atoms with E-state index in [0.717, 1.165) is 0 Å². The van der Waals surface area contributed by atoms with Crippen molar-refractivity contribution in [3.63, 3.8) is 0 Å². The quantitative estimate of drug-likeness (QED) is 0.634. The molecule has 0 atom stereocenters. The Hall–Kier alpha value is -2.24. The SMILES string of the molecule is CC(C)c1nc2c([N+](=O)[O-])cccc2c(=O)[nH]1. The number of nitro groups is 1. The van der Waals surface area contributed by atoms with Gasteiger partial charge in [-0.1, -0.05) is 19.9 Å². The molecule has 6 nitrogen and oxygen atoms in total. The summed E-state index contributed by atoms with van der Waals surface area (Å²) in [6, 6.07) is 4.35. The summed E-state index contributed by atoms with van der Waals surface area (Å²) in [4.78, 5) is 28.9. The summed E-state index contributed by atoms with van der Waals surface area (Å²) in [6.45, 7) is 3.72. The zero-order valence-corrected chi connectivity index (χ0v) is 9.43. The lowest BCUT2D eigenvalue weighted by molar-refractivity contribution is -0.383. The number of para-hydroxylation sites is 1. The third kappa shape index (κ3) is 1.89. The zero-order valence-electron chi connectivity index (χ0n) is 9.43. The van der Waals surface area contributed by atoms with E-state index in [2.05, 4.69) is 9.97 Å². The van der Waals surface area contributed by atoms with Gasteiger partial charge in [-0.25, -0.2) is 4.98 Å². The molecule has 1 aromatic carbocycles. The summed E-state index contributed by atoms with van der Waals surface area (Å²) in [5, 5.41) is 11.1. The lowest BCUT2D eigenvalue weighted by Crippen LogP contribution is -2.13. The first kappa shape index (κ1) is 11.3. The van der Waals surface area contributed by atoms with E-state index in [-0.39, 0.29) is 28.1 Å². The normalized spacial score (nSPS) is 11.0. The van der Waals surface area contributed by atoms with Gasteiger partial charge in [-0.05, 0) is 6.07 Å². The van der Waals surface area contributed by atoms with Gasteiger partial charge in [0.1, 0.15) is 5.82 Å². The van der Waals surface area contributed by atoms with Crippen LogP contribution in [0.5, 0.6) is 0 Å². The average molecular weight is 233 g/mol. The monoisotopic (exact) mass is 233 g/mol. The maximum absolute atomic E-state index is 11.8. The molecule has 0 aliphatic heterocycles. The highest BCUT2D eigenvalue weighted by atomic mass is 16.6. The molecule has 1 heterocycles. The number of nitro benzene ring substituents is 1. The van der Waals surface area contributed by atoms with Crippen LogP contribution in [0, 0.1) is 10.1 Å². The minimum atomic E-state index is -0.529. The molecule has 88 valence electrons. The fourth-order valence-electron chi connectivity index (χ4n) is 1.58. The first-order valence-electron chi connectivity index (χ1n) is 5.18. The predicted molar refractivity (Wildman–Crippen MR) is 63.1 cm³/mol. The summed E-state index contributed by atoms with van der Waals surface area (Å²) in [5.41, 5.74) is -0.345. The van der Waals surface area contributed by atoms with Crippen LogP contribution in [0.4, 0.5) is 5.69 Å². The molecule has 1 aromatic heterocycles. The van der Waals surface area contributed by atoms with Gasteiger partial charge in [0.2, 0.25) is 0 Å². The van der Waals surface area contributed by atoms with Gasteiger partial charge in [0.15, 0.2) is 5.52 Å². The molecule has 0 amide bonds. The largest absolute Gasteiger partial charge is 0.310 e. The van der Waals surface area contributed by atoms with Crippen LogP contribution in [-0.4, -0.2) is 14.9 Å². The third-order valence-electron chi connectivity index (χ3n) is 2.48. The van der Waals surface area contributed by atoms with E-state index in [4.69, 9.17) is 0 Å². The van der Waals surface area contributed by atoms with Crippen molar-refractivity contribution in [2.24, 2.45) is 0 Å². The van der Waals surface area contributed by atoms with Crippen molar-refractivity contribution in [3.05, 3.63) is 44.5 Å². The average Bonchev–Trinajstić information content (AvgIpc) is 2.27. The lowest BCUT2D eigenvalue weighted by atomic mass is 10.1. The van der Waals surface area contributed by atoms with Crippen molar-refractivity contribution < 1.29 is 4.92 Å². The van der Waals surface area contributed by atoms with Gasteiger partial charge in [-0.2, -0.15) is 0 Å². The Bertz CT molecular complexity index is 646. The van der Waals surface area contributed by atoms with Crippen LogP contribution >= 0.6 is 0 Å². The molecule has 0 spiro atoms. The molecule has 0 aliphatic rings. The second-order valence-electron chi connectivity index (χ2n) is 4.04. The topological polar surface area (TPSA) is 88.9 Å². The van der Waals surface area contributed by atoms with Crippen molar-refractivity contribution in [3.8, 4) is 0 Å². The van der Waals surface area contributed by atoms with Gasteiger partial charge in [-0.15, -0.1) is 0 Å². The number of H-pyrrole nitrogens is 1. The molecule has 0 saturated carbocycles. The van der Waals surface area contributed by atoms with E-state index in [9.17, 15) is 14.9 Å². The Balaban J connectivity index is 2.88. The number of hydrogen-bond acceptors (Lipinski definition) is 4. The number of aromatic nitrogens is 2. The van der Waals surface area contributed by atoms with Crippen LogP contribution in [0.1, 0.15) is 25.6 Å². The molecule has 0 saturated heterocycles. The Morgan fingerprint density at radius 1 is 1.41 bits per heavy atom. The highest BCUT2D eigenvalue weighted by Gasteiger charge is 2.16. The molecule has 17 heavy (non-hydrogen) atoms. The molecular weight excluding hydrogens is 222 g/mol. The Labute approximate surface area is 96.5 Å². The smallest absolute Gasteiger partial charge is 0.295 e. The molecule has 0 unspecified atom stereocenters. The van der Waals surface area contributed by atoms with Gasteiger partial charge in [0, 0.05) is 12.0 Å². The van der Waals surface area contributed by atoms with E-state index >= 15 is 0 Å². The fraction of sp³-hybridized carbons (Fsp3) is 0.273. The summed E-state index contributed by atoms with van der Waals surface area (Å²) in [5.74, 6) is 0.462. The Morgan fingerprint density at radius 3 is 2.71 bits per heavy atom. The highest BCUT2D eigenvalue weighted by Crippen LogP contribution is 2.22. The maximum atomic E-state index is 11.8. The lowest BCUT2D eigenvalue weighted by Gasteiger charge is -2.05. The molecule has 6 heteroatoms. The minimum absolute atomic E-state index is 0.00640. The van der Waals surface area contributed by atoms with Gasteiger partial charge in [0.25, 0.3) is 11.2 Å². The summed E-state index contributed by atoms with van der Waals surface area (Å²) < 4.78 is 0. The maximum Gasteiger partial charge on any atom is 0.295 e. The highest BCUT2D eigenvalue weighted by molar-refractivity contribution is 5.86. The molecule has 0 bridgehead atoms. The van der Waals surface area contributed by atoms with E-state index in [1.54, 1.807) is 0 Å². The van der Waals surface area contributed by atoms with Crippen molar-refractivity contribution in [1.82, 2.24) is 9.97 Å². The molecule has 2 rings (SSSR count). The first-order chi connectivity index (χ1) is 8.00. The minimum Gasteiger partial charge on any atom is -0.310 e. The third-order valence-corrected chi connectivity index (χ3v) is 2.48. The second kappa shape index (κ2) is 3.97. The number of nitrogens with zero attached hydrogens (tertiary/aromatic N) is 2. The number of hydrogen-bond donors (Lipinski definition) is 1. The van der Waals surface area contributed by atoms with E-state index in [1.807, 2.05) is 13.8 Å². The molecule has 0 aliphatic carbocycles. The second-order valence-corrected chi connectivity index (χ2v) is 4.04. The number of fused-ring (bicyclic) bond motifs is 1. The fourth-order valence-corrected chi connectivity index (χ4v) is 1.58. The first-order valence-corrected chi connectivity index (χ1v) is 5.18. The molecule has 1 N–H and O–H groups in total. The van der Waals surface area contributed by atoms with E-state index in [1.165, 1.54) is 18.2 Å². The number of nitrogens with one attached hydrogen (secondary N) is 1. The van der Waals surface area contributed by atoms with Gasteiger partial charge >= 0.3 is 0 Å². The Morgan fingerprint density at radius 2 is 2.12 bits per heavy atom. The molecule has 2 aromatic rings. The van der Waals surface area contributed by atoms with Crippen LogP contribution < -0.4 is 5.56 Å². The molecule has 0 radical (unpaired) electrons. The zero-order chi connectivity index (χ0) is 12.6. The standard InChI is InChI=1S/C11H11N3O3/c1-6(2)10-12-9-7(11(15)13-10)4-3-5-8(9)14(16)17/h3-6H,1-2H3,(H,12,13,15). The van der Waals surface area contributed by atoms with Gasteiger partial charge in [0.05, 0.1) is 10.3 Å². The van der Waals surface area contributed by atoms with Crippen molar-refractivity contribution in [2.45, 2.75) is 19.8 Å². The summed E-state index contributed by atoms with van der Waals surface area (Å²) in [6.07, 6.45) is 0. The number of aromatic amines is 1. The van der Waals surface area contributed by atoms with Gasteiger partial charge < -0.3 is 4.98 Å². The summed E-state index contributed by atoms with van der Waals surface area (Å²) in [7, 11) is 0. The number of benzene rings is 1. The van der Waals surface area contributed by atoms with Crippen LogP contribution in [0.3, 0.4) is 0 Å². The van der Waals surface area contributed by atoms with Crippen LogP contribution in [0.15, 0.2) is 23.0 Å². The van der Waals surface area contributed by atoms with Crippen molar-refractivity contribution in [2.75, 3.05) is 0 Å². The molecular formula is C11H11N3O3. The number of non-ortho nitro benzene ring substituents is 1. The van der Waals surface area contributed by atoms with Gasteiger partial charge in [-0.3, -0.25) is 14.9 Å². The van der Waals surface area contributed by atoms with Crippen molar-refractivity contribution in [1.29, 1.82) is 0 Å². The number of rotatable bonds is 2. The van der Waals surface area contributed by atoms with E-state index < -0.39 is 4.92 Å². The van der Waals surface area contributed by atoms with Crippen LogP contribution in [0.25, 0.3) is 10.9 Å². The van der Waals surface area contributed by atoms with Crippen molar-refractivity contribution >= 4 is 16.6 Å². The summed E-state index contributed by atoms with van der Waals surface area (Å²) >= 11 is 0. The van der Waals surface area contributed by atoms with E-state index in [0.29, 0.717) is 5.82 Å². The van der Waals surface area contributed by atoms with Crippen LogP contribution in [0.2, 0.25) is 0 Å². The van der Waals surface area contributed by atoms with Crippen LogP contribution in [-0.2, 0) is 0 Å². The Kier molecular flexibility index (Phi) is 2.63.